The van der Waals surface area contributed by atoms with Gasteiger partial charge in [-0.1, -0.05) is 12.1 Å². The number of rotatable bonds is 4. The van der Waals surface area contributed by atoms with Gasteiger partial charge in [0.25, 0.3) is 11.8 Å². The highest BCUT2D eigenvalue weighted by molar-refractivity contribution is 7.12. The molecule has 0 spiro atoms. The van der Waals surface area contributed by atoms with E-state index in [1.54, 1.807) is 30.3 Å². The van der Waals surface area contributed by atoms with Crippen LogP contribution in [0.1, 0.15) is 22.5 Å². The monoisotopic (exact) mass is 316 g/mol. The predicted octanol–water partition coefficient (Wildman–Crippen LogP) is 3.12. The second-order valence-corrected chi connectivity index (χ2v) is 5.95. The highest BCUT2D eigenvalue weighted by atomic mass is 32.1. The van der Waals surface area contributed by atoms with Crippen molar-refractivity contribution in [3.8, 4) is 0 Å². The van der Waals surface area contributed by atoms with Crippen LogP contribution in [-0.2, 0) is 9.53 Å². The molecule has 1 aliphatic rings. The van der Waals surface area contributed by atoms with Gasteiger partial charge in [-0.05, 0) is 42.5 Å². The molecule has 0 radical (unpaired) electrons. The molecular weight excluding hydrogens is 300 g/mol. The van der Waals surface area contributed by atoms with Crippen molar-refractivity contribution in [2.45, 2.75) is 18.9 Å². The van der Waals surface area contributed by atoms with Gasteiger partial charge >= 0.3 is 0 Å². The number of carbonyl (C=O) groups is 2. The first kappa shape index (κ1) is 14.7. The maximum absolute atomic E-state index is 12.0. The van der Waals surface area contributed by atoms with Crippen molar-refractivity contribution in [2.24, 2.45) is 0 Å². The second kappa shape index (κ2) is 6.72. The Morgan fingerprint density at radius 2 is 1.95 bits per heavy atom. The van der Waals surface area contributed by atoms with E-state index in [-0.39, 0.29) is 17.9 Å². The molecule has 0 aliphatic carbocycles. The van der Waals surface area contributed by atoms with Crippen molar-refractivity contribution in [3.63, 3.8) is 0 Å². The van der Waals surface area contributed by atoms with Crippen LogP contribution in [0.4, 0.5) is 11.4 Å². The van der Waals surface area contributed by atoms with E-state index in [1.165, 1.54) is 11.3 Å². The number of amides is 2. The van der Waals surface area contributed by atoms with Crippen molar-refractivity contribution >= 4 is 34.5 Å². The highest BCUT2D eigenvalue weighted by Gasteiger charge is 2.23. The van der Waals surface area contributed by atoms with Crippen molar-refractivity contribution in [1.29, 1.82) is 0 Å². The summed E-state index contributed by atoms with van der Waals surface area (Å²) in [5.41, 5.74) is 1.29. The first-order valence-corrected chi connectivity index (χ1v) is 7.98. The molecule has 1 saturated heterocycles. The Morgan fingerprint density at radius 3 is 2.64 bits per heavy atom. The molecule has 2 heterocycles. The predicted molar refractivity (Wildman–Crippen MR) is 86.3 cm³/mol. The van der Waals surface area contributed by atoms with E-state index in [0.29, 0.717) is 22.9 Å². The van der Waals surface area contributed by atoms with Crippen LogP contribution >= 0.6 is 11.3 Å². The molecule has 0 saturated carbocycles. The third-order valence-corrected chi connectivity index (χ3v) is 4.22. The number of anilines is 2. The summed E-state index contributed by atoms with van der Waals surface area (Å²) in [4.78, 5) is 24.7. The topological polar surface area (TPSA) is 67.4 Å². The number of ether oxygens (including phenoxy) is 1. The minimum atomic E-state index is -0.371. The van der Waals surface area contributed by atoms with Crippen LogP contribution in [0.25, 0.3) is 0 Å². The third kappa shape index (κ3) is 3.52. The van der Waals surface area contributed by atoms with Gasteiger partial charge in [-0.3, -0.25) is 9.59 Å². The first-order chi connectivity index (χ1) is 10.7. The van der Waals surface area contributed by atoms with Gasteiger partial charge in [0.15, 0.2) is 0 Å². The van der Waals surface area contributed by atoms with E-state index < -0.39 is 0 Å². The van der Waals surface area contributed by atoms with Crippen molar-refractivity contribution in [3.05, 3.63) is 46.7 Å². The van der Waals surface area contributed by atoms with Gasteiger partial charge in [0.1, 0.15) is 6.10 Å². The minimum Gasteiger partial charge on any atom is -0.368 e. The molecule has 2 N–H and O–H groups in total. The number of carbonyl (C=O) groups excluding carboxylic acids is 2. The number of hydrogen-bond donors (Lipinski definition) is 2. The van der Waals surface area contributed by atoms with Gasteiger partial charge in [0.2, 0.25) is 0 Å². The van der Waals surface area contributed by atoms with E-state index in [9.17, 15) is 9.59 Å². The summed E-state index contributed by atoms with van der Waals surface area (Å²) in [6.07, 6.45) is 1.29. The van der Waals surface area contributed by atoms with Gasteiger partial charge in [-0.15, -0.1) is 11.3 Å². The molecule has 1 aliphatic heterocycles. The van der Waals surface area contributed by atoms with E-state index >= 15 is 0 Å². The van der Waals surface area contributed by atoms with Crippen molar-refractivity contribution < 1.29 is 14.3 Å². The zero-order valence-electron chi connectivity index (χ0n) is 11.9. The average molecular weight is 316 g/mol. The number of hydrogen-bond acceptors (Lipinski definition) is 4. The molecule has 5 nitrogen and oxygen atoms in total. The van der Waals surface area contributed by atoms with Gasteiger partial charge in [0.05, 0.1) is 4.88 Å². The maximum Gasteiger partial charge on any atom is 0.265 e. The lowest BCUT2D eigenvalue weighted by atomic mass is 10.2. The Balaban J connectivity index is 1.64. The molecule has 2 aromatic rings. The Labute approximate surface area is 132 Å². The largest absolute Gasteiger partial charge is 0.368 e. The van der Waals surface area contributed by atoms with E-state index in [1.807, 2.05) is 11.4 Å². The molecule has 0 bridgehead atoms. The zero-order chi connectivity index (χ0) is 15.4. The molecule has 1 atom stereocenters. The Morgan fingerprint density at radius 1 is 1.14 bits per heavy atom. The van der Waals surface area contributed by atoms with Crippen LogP contribution in [0.5, 0.6) is 0 Å². The lowest BCUT2D eigenvalue weighted by Gasteiger charge is -2.11. The SMILES string of the molecule is O=C(Nc1cccc(NC(=O)C2CCCO2)c1)c1cccs1. The number of nitrogens with one attached hydrogen (secondary N) is 2. The lowest BCUT2D eigenvalue weighted by molar-refractivity contribution is -0.124. The van der Waals surface area contributed by atoms with Crippen LogP contribution in [0.15, 0.2) is 41.8 Å². The van der Waals surface area contributed by atoms with Gasteiger partial charge in [-0.25, -0.2) is 0 Å². The van der Waals surface area contributed by atoms with E-state index in [2.05, 4.69) is 10.6 Å². The summed E-state index contributed by atoms with van der Waals surface area (Å²) in [5.74, 6) is -0.295. The minimum absolute atomic E-state index is 0.140. The number of thiophene rings is 1. The maximum atomic E-state index is 12.0. The lowest BCUT2D eigenvalue weighted by Crippen LogP contribution is -2.26. The van der Waals surface area contributed by atoms with Gasteiger partial charge in [0, 0.05) is 18.0 Å². The van der Waals surface area contributed by atoms with Gasteiger partial charge in [-0.2, -0.15) is 0 Å². The van der Waals surface area contributed by atoms with E-state index in [4.69, 9.17) is 4.74 Å². The second-order valence-electron chi connectivity index (χ2n) is 5.00. The number of benzene rings is 1. The fourth-order valence-electron chi connectivity index (χ4n) is 2.28. The normalized spacial score (nSPS) is 17.2. The third-order valence-electron chi connectivity index (χ3n) is 3.36. The Bertz CT molecular complexity index is 664. The summed E-state index contributed by atoms with van der Waals surface area (Å²) in [6.45, 7) is 0.634. The van der Waals surface area contributed by atoms with Crippen molar-refractivity contribution in [1.82, 2.24) is 0 Å². The highest BCUT2D eigenvalue weighted by Crippen LogP contribution is 2.19. The molecular formula is C16H16N2O3S. The fraction of sp³-hybridized carbons (Fsp3) is 0.250. The quantitative estimate of drug-likeness (QED) is 0.910. The summed E-state index contributed by atoms with van der Waals surface area (Å²) in [6, 6.07) is 10.7. The Hall–Kier alpha value is -2.18. The zero-order valence-corrected chi connectivity index (χ0v) is 12.7. The standard InChI is InChI=1S/C16H16N2O3S/c19-15(13-6-2-8-21-13)17-11-4-1-5-12(10-11)18-16(20)14-7-3-9-22-14/h1,3-5,7,9-10,13H,2,6,8H2,(H,17,19)(H,18,20). The fourth-order valence-corrected chi connectivity index (χ4v) is 2.90. The van der Waals surface area contributed by atoms with Crippen molar-refractivity contribution in [2.75, 3.05) is 17.2 Å². The molecule has 22 heavy (non-hydrogen) atoms. The van der Waals surface area contributed by atoms with Crippen LogP contribution in [-0.4, -0.2) is 24.5 Å². The Kier molecular flexibility index (Phi) is 4.50. The van der Waals surface area contributed by atoms with Crippen LogP contribution in [0.2, 0.25) is 0 Å². The molecule has 1 unspecified atom stereocenters. The molecule has 3 rings (SSSR count). The molecule has 1 fully saturated rings. The van der Waals surface area contributed by atoms with Crippen LogP contribution in [0, 0.1) is 0 Å². The molecule has 2 amide bonds. The van der Waals surface area contributed by atoms with Crippen LogP contribution in [0.3, 0.4) is 0 Å². The van der Waals surface area contributed by atoms with Gasteiger partial charge < -0.3 is 15.4 Å². The molecule has 114 valence electrons. The molecule has 1 aromatic carbocycles. The molecule has 1 aromatic heterocycles. The summed E-state index contributed by atoms with van der Waals surface area (Å²) < 4.78 is 5.35. The summed E-state index contributed by atoms with van der Waals surface area (Å²) in [5, 5.41) is 7.49. The smallest absolute Gasteiger partial charge is 0.265 e. The summed E-state index contributed by atoms with van der Waals surface area (Å²) in [7, 11) is 0. The first-order valence-electron chi connectivity index (χ1n) is 7.10. The average Bonchev–Trinajstić information content (AvgIpc) is 3.21. The van der Waals surface area contributed by atoms with E-state index in [0.717, 1.165) is 12.8 Å². The molecule has 6 heteroatoms. The summed E-state index contributed by atoms with van der Waals surface area (Å²) >= 11 is 1.38. The van der Waals surface area contributed by atoms with Crippen LogP contribution < -0.4 is 10.6 Å².